The molecule has 0 radical (unpaired) electrons. The van der Waals surface area contributed by atoms with Crippen molar-refractivity contribution in [3.05, 3.63) is 54.0 Å². The van der Waals surface area contributed by atoms with Crippen molar-refractivity contribution >= 4 is 5.82 Å². The van der Waals surface area contributed by atoms with Gasteiger partial charge < -0.3 is 15.4 Å². The van der Waals surface area contributed by atoms with E-state index in [1.54, 1.807) is 6.33 Å². The molecule has 0 saturated carbocycles. The number of piperidine rings is 1. The van der Waals surface area contributed by atoms with Gasteiger partial charge in [-0.1, -0.05) is 30.3 Å². The van der Waals surface area contributed by atoms with Crippen LogP contribution in [0, 0.1) is 0 Å². The summed E-state index contributed by atoms with van der Waals surface area (Å²) in [5.41, 5.74) is 2.65. The van der Waals surface area contributed by atoms with Crippen molar-refractivity contribution in [1.82, 2.24) is 15.3 Å². The van der Waals surface area contributed by atoms with Gasteiger partial charge in [-0.15, -0.1) is 0 Å². The van der Waals surface area contributed by atoms with Gasteiger partial charge in [0.1, 0.15) is 12.1 Å². The molecule has 138 valence electrons. The van der Waals surface area contributed by atoms with Crippen LogP contribution in [0.3, 0.4) is 0 Å². The Morgan fingerprint density at radius 1 is 1.15 bits per heavy atom. The molecule has 1 atom stereocenters. The molecule has 1 aromatic carbocycles. The van der Waals surface area contributed by atoms with Crippen LogP contribution in [0.25, 0.3) is 0 Å². The summed E-state index contributed by atoms with van der Waals surface area (Å²) in [5.74, 6) is 1.43. The number of rotatable bonds is 5. The summed E-state index contributed by atoms with van der Waals surface area (Å²) in [7, 11) is 0. The zero-order valence-electron chi connectivity index (χ0n) is 15.3. The molecule has 0 unspecified atom stereocenters. The van der Waals surface area contributed by atoms with E-state index in [-0.39, 0.29) is 5.41 Å². The van der Waals surface area contributed by atoms with E-state index >= 15 is 0 Å². The molecular weight excluding hydrogens is 324 g/mol. The van der Waals surface area contributed by atoms with Crippen LogP contribution >= 0.6 is 0 Å². The molecule has 2 aliphatic rings. The highest BCUT2D eigenvalue weighted by Crippen LogP contribution is 2.35. The summed E-state index contributed by atoms with van der Waals surface area (Å²) < 4.78 is 5.64. The molecule has 2 saturated heterocycles. The van der Waals surface area contributed by atoms with Crippen LogP contribution in [0.4, 0.5) is 5.82 Å². The number of nitrogens with zero attached hydrogens (tertiary/aromatic N) is 2. The maximum Gasteiger partial charge on any atom is 0.129 e. The van der Waals surface area contributed by atoms with Gasteiger partial charge in [0.2, 0.25) is 0 Å². The average molecular weight is 352 g/mol. The quantitative estimate of drug-likeness (QED) is 0.866. The number of hydrogen-bond donors (Lipinski definition) is 2. The predicted molar refractivity (Wildman–Crippen MR) is 104 cm³/mol. The van der Waals surface area contributed by atoms with Crippen molar-refractivity contribution in [2.75, 3.05) is 38.2 Å². The van der Waals surface area contributed by atoms with E-state index in [2.05, 4.69) is 57.0 Å². The zero-order chi connectivity index (χ0) is 17.7. The molecule has 0 aliphatic carbocycles. The monoisotopic (exact) mass is 352 g/mol. The van der Waals surface area contributed by atoms with Gasteiger partial charge in [-0.2, -0.15) is 0 Å². The molecule has 2 fully saturated rings. The molecule has 5 heteroatoms. The Morgan fingerprint density at radius 2 is 2.00 bits per heavy atom. The predicted octanol–water partition coefficient (Wildman–Crippen LogP) is 3.10. The molecule has 1 aromatic heterocycles. The Balaban J connectivity index is 1.49. The van der Waals surface area contributed by atoms with Crippen molar-refractivity contribution in [2.24, 2.45) is 0 Å². The Bertz CT molecular complexity index is 694. The number of benzene rings is 1. The fraction of sp³-hybridized carbons (Fsp3) is 0.524. The largest absolute Gasteiger partial charge is 0.381 e. The lowest BCUT2D eigenvalue weighted by Crippen LogP contribution is -2.40. The lowest BCUT2D eigenvalue weighted by Gasteiger charge is -2.38. The molecule has 3 heterocycles. The second-order valence-electron chi connectivity index (χ2n) is 7.48. The third-order valence-electron chi connectivity index (χ3n) is 5.85. The first-order valence-electron chi connectivity index (χ1n) is 9.76. The minimum atomic E-state index is 0.108. The standard InChI is InChI=1S/C21H28N4O/c1-2-6-18(7-3-1)21(8-11-26-12-9-21)15-23-20-13-19(24-16-25-20)17-5-4-10-22-14-17/h1-3,6-7,13,16-17,22H,4-5,8-12,14-15H2,(H,23,24,25)/t17-/m0/s1. The summed E-state index contributed by atoms with van der Waals surface area (Å²) in [5, 5.41) is 7.08. The van der Waals surface area contributed by atoms with Crippen molar-refractivity contribution in [1.29, 1.82) is 0 Å². The average Bonchev–Trinajstić information content (AvgIpc) is 2.74. The number of ether oxygens (including phenoxy) is 1. The highest BCUT2D eigenvalue weighted by atomic mass is 16.5. The highest BCUT2D eigenvalue weighted by molar-refractivity contribution is 5.38. The van der Waals surface area contributed by atoms with E-state index < -0.39 is 0 Å². The Hall–Kier alpha value is -1.98. The van der Waals surface area contributed by atoms with Gasteiger partial charge in [0.15, 0.2) is 0 Å². The van der Waals surface area contributed by atoms with Gasteiger partial charge in [-0.25, -0.2) is 9.97 Å². The van der Waals surface area contributed by atoms with Crippen LogP contribution in [-0.4, -0.2) is 42.8 Å². The third kappa shape index (κ3) is 3.89. The lowest BCUT2D eigenvalue weighted by molar-refractivity contribution is 0.0543. The fourth-order valence-corrected chi connectivity index (χ4v) is 4.18. The minimum absolute atomic E-state index is 0.108. The van der Waals surface area contributed by atoms with Crippen LogP contribution in [0.1, 0.15) is 42.9 Å². The molecule has 2 aliphatic heterocycles. The van der Waals surface area contributed by atoms with Crippen LogP contribution < -0.4 is 10.6 Å². The van der Waals surface area contributed by atoms with Crippen molar-refractivity contribution in [3.63, 3.8) is 0 Å². The van der Waals surface area contributed by atoms with E-state index in [1.165, 1.54) is 18.4 Å². The van der Waals surface area contributed by atoms with Crippen molar-refractivity contribution < 1.29 is 4.74 Å². The Kier molecular flexibility index (Phi) is 5.46. The SMILES string of the molecule is c1ccc(C2(CNc3cc([C@H]4CCCNC4)ncn3)CCOCC2)cc1. The normalized spacial score (nSPS) is 22.7. The number of hydrogen-bond acceptors (Lipinski definition) is 5. The summed E-state index contributed by atoms with van der Waals surface area (Å²) in [4.78, 5) is 8.99. The molecular formula is C21H28N4O. The summed E-state index contributed by atoms with van der Waals surface area (Å²) in [6.07, 6.45) is 6.19. The van der Waals surface area contributed by atoms with E-state index in [4.69, 9.17) is 4.74 Å². The first-order chi connectivity index (χ1) is 12.9. The third-order valence-corrected chi connectivity index (χ3v) is 5.85. The molecule has 0 spiro atoms. The number of nitrogens with one attached hydrogen (secondary N) is 2. The van der Waals surface area contributed by atoms with Crippen LogP contribution in [0.2, 0.25) is 0 Å². The Labute approximate surface area is 155 Å². The van der Waals surface area contributed by atoms with Crippen LogP contribution in [-0.2, 0) is 10.2 Å². The van der Waals surface area contributed by atoms with Gasteiger partial charge in [-0.3, -0.25) is 0 Å². The summed E-state index contributed by atoms with van der Waals surface area (Å²) >= 11 is 0. The van der Waals surface area contributed by atoms with E-state index in [0.29, 0.717) is 5.92 Å². The molecule has 5 nitrogen and oxygen atoms in total. The second-order valence-corrected chi connectivity index (χ2v) is 7.48. The van der Waals surface area contributed by atoms with E-state index in [0.717, 1.165) is 57.2 Å². The van der Waals surface area contributed by atoms with Gasteiger partial charge in [0.05, 0.1) is 5.69 Å². The summed E-state index contributed by atoms with van der Waals surface area (Å²) in [6, 6.07) is 13.0. The van der Waals surface area contributed by atoms with Gasteiger partial charge in [0, 0.05) is 43.7 Å². The zero-order valence-corrected chi connectivity index (χ0v) is 15.3. The molecule has 2 N–H and O–H groups in total. The van der Waals surface area contributed by atoms with Crippen LogP contribution in [0.15, 0.2) is 42.7 Å². The molecule has 2 aromatic rings. The van der Waals surface area contributed by atoms with Crippen molar-refractivity contribution in [2.45, 2.75) is 37.0 Å². The molecule has 0 amide bonds. The maximum atomic E-state index is 5.64. The van der Waals surface area contributed by atoms with Gasteiger partial charge >= 0.3 is 0 Å². The van der Waals surface area contributed by atoms with E-state index in [1.807, 2.05) is 0 Å². The summed E-state index contributed by atoms with van der Waals surface area (Å²) in [6.45, 7) is 4.65. The molecule has 26 heavy (non-hydrogen) atoms. The Morgan fingerprint density at radius 3 is 2.77 bits per heavy atom. The first kappa shape index (κ1) is 17.4. The van der Waals surface area contributed by atoms with Crippen LogP contribution in [0.5, 0.6) is 0 Å². The fourth-order valence-electron chi connectivity index (χ4n) is 4.18. The number of aromatic nitrogens is 2. The van der Waals surface area contributed by atoms with Gasteiger partial charge in [-0.05, 0) is 37.8 Å². The van der Waals surface area contributed by atoms with Crippen molar-refractivity contribution in [3.8, 4) is 0 Å². The number of anilines is 1. The second kappa shape index (κ2) is 8.14. The maximum absolute atomic E-state index is 5.64. The minimum Gasteiger partial charge on any atom is -0.381 e. The first-order valence-corrected chi connectivity index (χ1v) is 9.76. The van der Waals surface area contributed by atoms with Gasteiger partial charge in [0.25, 0.3) is 0 Å². The molecule has 4 rings (SSSR count). The van der Waals surface area contributed by atoms with E-state index in [9.17, 15) is 0 Å². The smallest absolute Gasteiger partial charge is 0.129 e. The topological polar surface area (TPSA) is 59.1 Å². The molecule has 0 bridgehead atoms. The lowest BCUT2D eigenvalue weighted by atomic mass is 9.74. The highest BCUT2D eigenvalue weighted by Gasteiger charge is 2.34.